The van der Waals surface area contributed by atoms with Gasteiger partial charge in [-0.25, -0.2) is 0 Å². The van der Waals surface area contributed by atoms with Crippen LogP contribution in [0.1, 0.15) is 77.6 Å². The number of carboxylic acids is 2. The Bertz CT molecular complexity index is 328. The molecule has 0 aromatic heterocycles. The zero-order chi connectivity index (χ0) is 18.8. The summed E-state index contributed by atoms with van der Waals surface area (Å²) < 4.78 is 5.60. The van der Waals surface area contributed by atoms with E-state index in [0.29, 0.717) is 26.2 Å². The van der Waals surface area contributed by atoms with Gasteiger partial charge in [0.1, 0.15) is 0 Å². The molecule has 27 heavy (non-hydrogen) atoms. The number of ether oxygens (including phenoxy) is 1. The third-order valence-electron chi connectivity index (χ3n) is 4.17. The van der Waals surface area contributed by atoms with Gasteiger partial charge in [-0.1, -0.05) is 51.9 Å². The summed E-state index contributed by atoms with van der Waals surface area (Å²) in [4.78, 5) is 22.9. The Hall–Kier alpha value is 0.860. The first-order valence-corrected chi connectivity index (χ1v) is 9.76. The van der Waals surface area contributed by atoms with Gasteiger partial charge in [-0.15, -0.1) is 0 Å². The molecule has 0 aliphatic carbocycles. The molecule has 148 valence electrons. The van der Waals surface area contributed by atoms with Crippen molar-refractivity contribution in [1.29, 1.82) is 0 Å². The van der Waals surface area contributed by atoms with E-state index in [4.69, 9.17) is 4.74 Å². The van der Waals surface area contributed by atoms with Crippen molar-refractivity contribution in [2.75, 3.05) is 32.8 Å². The molecule has 0 bridgehead atoms. The Balaban J connectivity index is -0.00000288. The Kier molecular flexibility index (Phi) is 30.0. The predicted molar refractivity (Wildman–Crippen MR) is 93.7 cm³/mol. The molecule has 0 N–H and O–H groups in total. The molecule has 0 aromatic carbocycles. The second-order valence-electron chi connectivity index (χ2n) is 6.53. The SMILES string of the molecule is CCCCCCCCCCOCCCN(CCC(=O)[O-])CCC(=O)[O-].[Na+].[Na+]. The summed E-state index contributed by atoms with van der Waals surface area (Å²) in [7, 11) is 0. The third kappa shape index (κ3) is 26.9. The summed E-state index contributed by atoms with van der Waals surface area (Å²) in [6.07, 6.45) is 10.7. The van der Waals surface area contributed by atoms with Crippen molar-refractivity contribution in [3.05, 3.63) is 0 Å². The van der Waals surface area contributed by atoms with Gasteiger partial charge >= 0.3 is 59.1 Å². The third-order valence-corrected chi connectivity index (χ3v) is 4.17. The molecule has 8 heteroatoms. The number of rotatable bonds is 19. The molecule has 0 fully saturated rings. The van der Waals surface area contributed by atoms with Gasteiger partial charge in [-0.2, -0.15) is 0 Å². The fraction of sp³-hybridized carbons (Fsp3) is 0.895. The van der Waals surface area contributed by atoms with E-state index >= 15 is 0 Å². The number of aliphatic carboxylic acids is 2. The molecule has 0 saturated carbocycles. The Morgan fingerprint density at radius 2 is 1.15 bits per heavy atom. The summed E-state index contributed by atoms with van der Waals surface area (Å²) in [5, 5.41) is 21.1. The van der Waals surface area contributed by atoms with Crippen LogP contribution in [0.2, 0.25) is 0 Å². The molecule has 0 aliphatic heterocycles. The van der Waals surface area contributed by atoms with E-state index in [0.717, 1.165) is 19.4 Å². The van der Waals surface area contributed by atoms with Crippen LogP contribution in [0.3, 0.4) is 0 Å². The average Bonchev–Trinajstić information content (AvgIpc) is 2.57. The summed E-state index contributed by atoms with van der Waals surface area (Å²) in [5.74, 6) is -2.24. The molecule has 6 nitrogen and oxygen atoms in total. The van der Waals surface area contributed by atoms with Gasteiger partial charge in [0.2, 0.25) is 0 Å². The topological polar surface area (TPSA) is 92.7 Å². The van der Waals surface area contributed by atoms with E-state index < -0.39 is 11.9 Å². The van der Waals surface area contributed by atoms with Gasteiger partial charge in [0.25, 0.3) is 0 Å². The van der Waals surface area contributed by atoms with Gasteiger partial charge in [-0.3, -0.25) is 0 Å². The van der Waals surface area contributed by atoms with E-state index in [1.165, 1.54) is 44.9 Å². The maximum absolute atomic E-state index is 10.5. The number of carbonyl (C=O) groups excluding carboxylic acids is 2. The second-order valence-corrected chi connectivity index (χ2v) is 6.53. The van der Waals surface area contributed by atoms with Crippen LogP contribution in [0.25, 0.3) is 0 Å². The molecule has 0 spiro atoms. The summed E-state index contributed by atoms with van der Waals surface area (Å²) >= 11 is 0. The molecule has 0 unspecified atom stereocenters. The summed E-state index contributed by atoms with van der Waals surface area (Å²) in [6, 6.07) is 0. The number of hydrogen-bond donors (Lipinski definition) is 0. The van der Waals surface area contributed by atoms with Crippen LogP contribution in [0.5, 0.6) is 0 Å². The van der Waals surface area contributed by atoms with Crippen molar-refractivity contribution in [1.82, 2.24) is 4.90 Å². The normalized spacial score (nSPS) is 10.3. The minimum absolute atomic E-state index is 0. The van der Waals surface area contributed by atoms with Crippen LogP contribution in [-0.4, -0.2) is 49.7 Å². The van der Waals surface area contributed by atoms with Crippen LogP contribution >= 0.6 is 0 Å². The van der Waals surface area contributed by atoms with Crippen molar-refractivity contribution < 1.29 is 83.7 Å². The Morgan fingerprint density at radius 3 is 1.63 bits per heavy atom. The van der Waals surface area contributed by atoms with E-state index in [1.54, 1.807) is 0 Å². The molecule has 0 amide bonds. The molecule has 0 radical (unpaired) electrons. The monoisotopic (exact) mass is 403 g/mol. The fourth-order valence-electron chi connectivity index (χ4n) is 2.66. The predicted octanol–water partition coefficient (Wildman–Crippen LogP) is -4.88. The van der Waals surface area contributed by atoms with Gasteiger partial charge in [0.15, 0.2) is 0 Å². The smallest absolute Gasteiger partial charge is 0.550 e. The molecule has 0 atom stereocenters. The molecule has 0 heterocycles. The van der Waals surface area contributed by atoms with Gasteiger partial charge in [0.05, 0.1) is 0 Å². The number of nitrogens with zero attached hydrogens (tertiary/aromatic N) is 1. The van der Waals surface area contributed by atoms with E-state index in [9.17, 15) is 19.8 Å². The molecule has 0 saturated heterocycles. The average molecular weight is 403 g/mol. The van der Waals surface area contributed by atoms with Gasteiger partial charge < -0.3 is 29.4 Å². The molecular weight excluding hydrogens is 368 g/mol. The minimum atomic E-state index is -1.12. The molecule has 0 aromatic rings. The van der Waals surface area contributed by atoms with Gasteiger partial charge in [0, 0.05) is 44.8 Å². The first-order valence-electron chi connectivity index (χ1n) is 9.76. The zero-order valence-corrected chi connectivity index (χ0v) is 21.8. The van der Waals surface area contributed by atoms with Crippen molar-refractivity contribution in [2.45, 2.75) is 77.6 Å². The van der Waals surface area contributed by atoms with Crippen LogP contribution in [0.15, 0.2) is 0 Å². The minimum Gasteiger partial charge on any atom is -0.550 e. The van der Waals surface area contributed by atoms with Crippen molar-refractivity contribution in [2.24, 2.45) is 0 Å². The maximum Gasteiger partial charge on any atom is 1.00 e. The summed E-state index contributed by atoms with van der Waals surface area (Å²) in [6.45, 7) is 4.82. The Morgan fingerprint density at radius 1 is 0.704 bits per heavy atom. The van der Waals surface area contributed by atoms with Crippen molar-refractivity contribution >= 4 is 11.9 Å². The first-order chi connectivity index (χ1) is 12.1. The molecule has 0 rings (SSSR count). The standard InChI is InChI=1S/C19H37NO5.2Na/c1-2-3-4-5-6-7-8-9-16-25-17-10-13-20(14-11-18(21)22)15-12-19(23)24;;/h2-17H2,1H3,(H,21,22)(H,23,24);;/q;2*+1/p-2. The summed E-state index contributed by atoms with van der Waals surface area (Å²) in [5.41, 5.74) is 0. The number of unbranched alkanes of at least 4 members (excludes halogenated alkanes) is 7. The van der Waals surface area contributed by atoms with Crippen LogP contribution in [0, 0.1) is 0 Å². The quantitative estimate of drug-likeness (QED) is 0.159. The van der Waals surface area contributed by atoms with Crippen LogP contribution in [-0.2, 0) is 14.3 Å². The van der Waals surface area contributed by atoms with Crippen LogP contribution in [0.4, 0.5) is 0 Å². The van der Waals surface area contributed by atoms with Crippen molar-refractivity contribution in [3.8, 4) is 0 Å². The van der Waals surface area contributed by atoms with E-state index in [1.807, 2.05) is 4.90 Å². The Labute approximate surface area is 209 Å². The fourth-order valence-corrected chi connectivity index (χ4v) is 2.66. The first kappa shape index (κ1) is 32.5. The zero-order valence-electron chi connectivity index (χ0n) is 17.8. The maximum atomic E-state index is 10.5. The largest absolute Gasteiger partial charge is 1.00 e. The van der Waals surface area contributed by atoms with Crippen LogP contribution < -0.4 is 69.3 Å². The number of carbonyl (C=O) groups is 2. The molecule has 0 aliphatic rings. The van der Waals surface area contributed by atoms with Gasteiger partial charge in [-0.05, 0) is 25.7 Å². The number of hydrogen-bond acceptors (Lipinski definition) is 6. The molecular formula is C19H35NNa2O5. The van der Waals surface area contributed by atoms with Crippen molar-refractivity contribution in [3.63, 3.8) is 0 Å². The number of carboxylic acid groups (broad SMARTS) is 2. The van der Waals surface area contributed by atoms with E-state index in [-0.39, 0.29) is 72.0 Å². The second kappa shape index (κ2) is 24.9. The van der Waals surface area contributed by atoms with E-state index in [2.05, 4.69) is 6.92 Å².